The van der Waals surface area contributed by atoms with Crippen LogP contribution in [0.3, 0.4) is 0 Å². The van der Waals surface area contributed by atoms with Gasteiger partial charge in [-0.15, -0.1) is 17.0 Å². The molecule has 4 N–H and O–H groups in total. The zero-order valence-electron chi connectivity index (χ0n) is 7.43. The van der Waals surface area contributed by atoms with Gasteiger partial charge >= 0.3 is 5.97 Å². The molecule has 0 amide bonds. The maximum atomic E-state index is 10.6. The predicted octanol–water partition coefficient (Wildman–Crippen LogP) is 1.17. The highest BCUT2D eigenvalue weighted by molar-refractivity contribution is 8.93. The molecule has 0 unspecified atom stereocenters. The molecule has 1 aromatic carbocycles. The molecule has 0 spiro atoms. The number of halogens is 1. The molecular weight excluding hydrogens is 250 g/mol. The summed E-state index contributed by atoms with van der Waals surface area (Å²) in [5.41, 5.74) is 5.79. The van der Waals surface area contributed by atoms with Crippen molar-refractivity contribution in [3.63, 3.8) is 0 Å². The van der Waals surface area contributed by atoms with Gasteiger partial charge in [0.05, 0.1) is 0 Å². The molecule has 78 valence electrons. The zero-order chi connectivity index (χ0) is 9.84. The van der Waals surface area contributed by atoms with Crippen molar-refractivity contribution < 1.29 is 15.0 Å². The number of aromatic hydroxyl groups is 1. The van der Waals surface area contributed by atoms with Gasteiger partial charge < -0.3 is 15.9 Å². The highest BCUT2D eigenvalue weighted by atomic mass is 79.9. The summed E-state index contributed by atoms with van der Waals surface area (Å²) in [7, 11) is 0. The van der Waals surface area contributed by atoms with Crippen LogP contribution in [0, 0.1) is 0 Å². The Labute approximate surface area is 92.1 Å². The van der Waals surface area contributed by atoms with Crippen LogP contribution < -0.4 is 5.73 Å². The average Bonchev–Trinajstić information content (AvgIpc) is 2.08. The van der Waals surface area contributed by atoms with Crippen molar-refractivity contribution >= 4 is 23.0 Å². The van der Waals surface area contributed by atoms with E-state index in [2.05, 4.69) is 0 Å². The van der Waals surface area contributed by atoms with Crippen molar-refractivity contribution in [1.82, 2.24) is 0 Å². The van der Waals surface area contributed by atoms with Gasteiger partial charge in [0.15, 0.2) is 0 Å². The first-order chi connectivity index (χ1) is 6.16. The van der Waals surface area contributed by atoms with Crippen LogP contribution in [0.15, 0.2) is 18.2 Å². The van der Waals surface area contributed by atoms with Crippen molar-refractivity contribution in [2.45, 2.75) is 6.42 Å². The van der Waals surface area contributed by atoms with Crippen molar-refractivity contribution in [3.8, 4) is 5.75 Å². The minimum Gasteiger partial charge on any atom is -0.507 e. The Morgan fingerprint density at radius 3 is 2.57 bits per heavy atom. The third kappa shape index (κ3) is 2.71. The zero-order valence-corrected chi connectivity index (χ0v) is 9.15. The van der Waals surface area contributed by atoms with Crippen LogP contribution in [0.1, 0.15) is 15.9 Å². The van der Waals surface area contributed by atoms with Crippen LogP contribution in [0.4, 0.5) is 0 Å². The molecule has 1 aromatic rings. The van der Waals surface area contributed by atoms with E-state index in [1.807, 2.05) is 0 Å². The summed E-state index contributed by atoms with van der Waals surface area (Å²) in [6.07, 6.45) is 0.479. The summed E-state index contributed by atoms with van der Waals surface area (Å²) in [5.74, 6) is -1.31. The first-order valence-electron chi connectivity index (χ1n) is 3.91. The average molecular weight is 262 g/mol. The summed E-state index contributed by atoms with van der Waals surface area (Å²) >= 11 is 0. The van der Waals surface area contributed by atoms with Crippen LogP contribution in [-0.4, -0.2) is 22.7 Å². The van der Waals surface area contributed by atoms with Gasteiger partial charge in [-0.1, -0.05) is 12.1 Å². The van der Waals surface area contributed by atoms with Crippen molar-refractivity contribution in [1.29, 1.82) is 0 Å². The number of para-hydroxylation sites is 1. The minimum atomic E-state index is -1.13. The molecule has 0 saturated heterocycles. The lowest BCUT2D eigenvalue weighted by molar-refractivity contribution is 0.0693. The molecule has 0 bridgehead atoms. The summed E-state index contributed by atoms with van der Waals surface area (Å²) in [6.45, 7) is 0.386. The van der Waals surface area contributed by atoms with Crippen molar-refractivity contribution in [2.24, 2.45) is 5.73 Å². The van der Waals surface area contributed by atoms with E-state index in [0.29, 0.717) is 18.5 Å². The Morgan fingerprint density at radius 2 is 2.07 bits per heavy atom. The molecule has 0 radical (unpaired) electrons. The van der Waals surface area contributed by atoms with E-state index in [1.165, 1.54) is 6.07 Å². The molecule has 0 atom stereocenters. The fraction of sp³-hybridized carbons (Fsp3) is 0.222. The maximum absolute atomic E-state index is 10.6. The second-order valence-electron chi connectivity index (χ2n) is 2.66. The van der Waals surface area contributed by atoms with Gasteiger partial charge in [0.25, 0.3) is 0 Å². The lowest BCUT2D eigenvalue weighted by Gasteiger charge is -2.04. The molecule has 0 aliphatic rings. The molecule has 0 heterocycles. The smallest absolute Gasteiger partial charge is 0.339 e. The van der Waals surface area contributed by atoms with Gasteiger partial charge in [0, 0.05) is 0 Å². The first kappa shape index (κ1) is 12.9. The lowest BCUT2D eigenvalue weighted by Crippen LogP contribution is -2.05. The fourth-order valence-corrected chi connectivity index (χ4v) is 1.12. The largest absolute Gasteiger partial charge is 0.507 e. The second-order valence-corrected chi connectivity index (χ2v) is 2.66. The summed E-state index contributed by atoms with van der Waals surface area (Å²) in [5, 5.41) is 18.1. The van der Waals surface area contributed by atoms with Gasteiger partial charge in [-0.2, -0.15) is 0 Å². The van der Waals surface area contributed by atoms with Crippen LogP contribution in [0.25, 0.3) is 0 Å². The molecule has 0 aliphatic carbocycles. The maximum Gasteiger partial charge on any atom is 0.339 e. The molecule has 14 heavy (non-hydrogen) atoms. The SMILES string of the molecule is Br.NCCc1cccc(C(=O)O)c1O. The minimum absolute atomic E-state index is 0. The van der Waals surface area contributed by atoms with Crippen LogP contribution in [-0.2, 0) is 6.42 Å². The third-order valence-corrected chi connectivity index (χ3v) is 1.76. The Bertz CT molecular complexity index is 328. The molecule has 0 aliphatic heterocycles. The van der Waals surface area contributed by atoms with Crippen molar-refractivity contribution in [3.05, 3.63) is 29.3 Å². The van der Waals surface area contributed by atoms with E-state index in [4.69, 9.17) is 10.8 Å². The quantitative estimate of drug-likeness (QED) is 0.763. The number of phenols is 1. The highest BCUT2D eigenvalue weighted by Crippen LogP contribution is 2.22. The molecule has 0 fully saturated rings. The highest BCUT2D eigenvalue weighted by Gasteiger charge is 2.11. The van der Waals surface area contributed by atoms with Gasteiger partial charge in [-0.25, -0.2) is 4.79 Å². The topological polar surface area (TPSA) is 83.6 Å². The standard InChI is InChI=1S/C9H11NO3.BrH/c10-5-4-6-2-1-3-7(8(6)11)9(12)13;/h1-3,11H,4-5,10H2,(H,12,13);1H. The normalized spacial score (nSPS) is 9.21. The third-order valence-electron chi connectivity index (χ3n) is 1.76. The van der Waals surface area contributed by atoms with E-state index < -0.39 is 5.97 Å². The Balaban J connectivity index is 0.00000169. The molecular formula is C9H12BrNO3. The van der Waals surface area contributed by atoms with Gasteiger partial charge in [0.2, 0.25) is 0 Å². The van der Waals surface area contributed by atoms with E-state index in [1.54, 1.807) is 12.1 Å². The van der Waals surface area contributed by atoms with Gasteiger partial charge in [-0.05, 0) is 24.6 Å². The van der Waals surface area contributed by atoms with Gasteiger partial charge in [0.1, 0.15) is 11.3 Å². The Kier molecular flexibility index (Phi) is 5.19. The van der Waals surface area contributed by atoms with E-state index in [0.717, 1.165) is 0 Å². The fourth-order valence-electron chi connectivity index (χ4n) is 1.12. The molecule has 5 heteroatoms. The number of benzene rings is 1. The Hall–Kier alpha value is -1.07. The number of carboxylic acid groups (broad SMARTS) is 1. The van der Waals surface area contributed by atoms with E-state index in [9.17, 15) is 9.90 Å². The van der Waals surface area contributed by atoms with E-state index in [-0.39, 0.29) is 28.3 Å². The van der Waals surface area contributed by atoms with Crippen LogP contribution in [0.5, 0.6) is 5.75 Å². The lowest BCUT2D eigenvalue weighted by atomic mass is 10.1. The Morgan fingerprint density at radius 1 is 1.43 bits per heavy atom. The monoisotopic (exact) mass is 261 g/mol. The number of aromatic carboxylic acids is 1. The van der Waals surface area contributed by atoms with Crippen molar-refractivity contribution in [2.75, 3.05) is 6.54 Å². The molecule has 4 nitrogen and oxygen atoms in total. The molecule has 1 rings (SSSR count). The number of carboxylic acids is 1. The number of nitrogens with two attached hydrogens (primary N) is 1. The van der Waals surface area contributed by atoms with Crippen LogP contribution in [0.2, 0.25) is 0 Å². The first-order valence-corrected chi connectivity index (χ1v) is 3.91. The number of carbonyl (C=O) groups is 1. The number of hydrogen-bond acceptors (Lipinski definition) is 3. The number of rotatable bonds is 3. The number of hydrogen-bond donors (Lipinski definition) is 3. The predicted molar refractivity (Wildman–Crippen MR) is 58.1 cm³/mol. The molecule has 0 saturated carbocycles. The van der Waals surface area contributed by atoms with E-state index >= 15 is 0 Å². The van der Waals surface area contributed by atoms with Crippen LogP contribution >= 0.6 is 17.0 Å². The summed E-state index contributed by atoms with van der Waals surface area (Å²) in [4.78, 5) is 10.6. The summed E-state index contributed by atoms with van der Waals surface area (Å²) in [6, 6.07) is 4.61. The second kappa shape index (κ2) is 5.62. The van der Waals surface area contributed by atoms with Gasteiger partial charge in [-0.3, -0.25) is 0 Å². The molecule has 0 aromatic heterocycles. The summed E-state index contributed by atoms with van der Waals surface area (Å²) < 4.78 is 0.